The Hall–Kier alpha value is -0.710. The monoisotopic (exact) mass is 184 g/mol. The summed E-state index contributed by atoms with van der Waals surface area (Å²) < 4.78 is 1.84. The lowest BCUT2D eigenvalue weighted by molar-refractivity contribution is 0.459. The summed E-state index contributed by atoms with van der Waals surface area (Å²) >= 11 is 2.02. The van der Waals surface area contributed by atoms with Gasteiger partial charge in [-0.25, -0.2) is 4.98 Å². The first-order chi connectivity index (χ1) is 5.84. The van der Waals surface area contributed by atoms with Crippen molar-refractivity contribution in [2.45, 2.75) is 13.0 Å². The molecule has 1 unspecified atom stereocenters. The maximum atomic E-state index is 5.40. The van der Waals surface area contributed by atoms with Crippen LogP contribution in [0.5, 0.6) is 0 Å². The van der Waals surface area contributed by atoms with Gasteiger partial charge in [0.05, 0.1) is 0 Å². The van der Waals surface area contributed by atoms with E-state index < -0.39 is 0 Å². The predicted octanol–water partition coefficient (Wildman–Crippen LogP) is 0.613. The third-order valence-electron chi connectivity index (χ3n) is 2.02. The minimum absolute atomic E-state index is 0.376. The van der Waals surface area contributed by atoms with Crippen molar-refractivity contribution in [2.75, 3.05) is 17.2 Å². The Kier molecular flexibility index (Phi) is 2.21. The SMILES string of the molecule is Nc1ncn(CC2CCSC2)n1. The van der Waals surface area contributed by atoms with Crippen LogP contribution in [0.4, 0.5) is 5.95 Å². The van der Waals surface area contributed by atoms with E-state index in [1.54, 1.807) is 6.33 Å². The lowest BCUT2D eigenvalue weighted by atomic mass is 10.1. The lowest BCUT2D eigenvalue weighted by Crippen LogP contribution is -2.10. The second-order valence-corrected chi connectivity index (χ2v) is 4.20. The van der Waals surface area contributed by atoms with Gasteiger partial charge in [-0.05, 0) is 23.8 Å². The van der Waals surface area contributed by atoms with Crippen molar-refractivity contribution in [3.8, 4) is 0 Å². The highest BCUT2D eigenvalue weighted by molar-refractivity contribution is 7.99. The van der Waals surface area contributed by atoms with Crippen molar-refractivity contribution >= 4 is 17.7 Å². The van der Waals surface area contributed by atoms with Crippen LogP contribution in [0.2, 0.25) is 0 Å². The molecule has 1 aromatic rings. The van der Waals surface area contributed by atoms with E-state index in [9.17, 15) is 0 Å². The van der Waals surface area contributed by atoms with E-state index in [0.717, 1.165) is 12.5 Å². The number of nitrogen functional groups attached to an aromatic ring is 1. The molecular formula is C7H12N4S. The first-order valence-electron chi connectivity index (χ1n) is 4.07. The Bertz CT molecular complexity index is 254. The largest absolute Gasteiger partial charge is 0.367 e. The molecule has 1 atom stereocenters. The molecule has 1 aliphatic rings. The summed E-state index contributed by atoms with van der Waals surface area (Å²) in [5.41, 5.74) is 5.40. The van der Waals surface area contributed by atoms with E-state index in [1.165, 1.54) is 17.9 Å². The molecule has 0 spiro atoms. The van der Waals surface area contributed by atoms with Crippen LogP contribution in [0.15, 0.2) is 6.33 Å². The van der Waals surface area contributed by atoms with Gasteiger partial charge in [0.15, 0.2) is 0 Å². The summed E-state index contributed by atoms with van der Waals surface area (Å²) in [4.78, 5) is 3.88. The summed E-state index contributed by atoms with van der Waals surface area (Å²) in [6.45, 7) is 0.969. The lowest BCUT2D eigenvalue weighted by Gasteiger charge is -2.05. The van der Waals surface area contributed by atoms with Crippen LogP contribution in [-0.4, -0.2) is 26.3 Å². The molecule has 1 saturated heterocycles. The number of anilines is 1. The molecule has 5 heteroatoms. The van der Waals surface area contributed by atoms with Crippen LogP contribution < -0.4 is 5.73 Å². The second-order valence-electron chi connectivity index (χ2n) is 3.05. The van der Waals surface area contributed by atoms with Gasteiger partial charge in [0.25, 0.3) is 0 Å². The molecule has 0 radical (unpaired) electrons. The van der Waals surface area contributed by atoms with Crippen LogP contribution >= 0.6 is 11.8 Å². The van der Waals surface area contributed by atoms with E-state index in [-0.39, 0.29) is 0 Å². The van der Waals surface area contributed by atoms with Crippen LogP contribution in [-0.2, 0) is 6.54 Å². The highest BCUT2D eigenvalue weighted by Crippen LogP contribution is 2.24. The zero-order chi connectivity index (χ0) is 8.39. The molecule has 0 saturated carbocycles. The second kappa shape index (κ2) is 3.35. The topological polar surface area (TPSA) is 56.7 Å². The standard InChI is InChI=1S/C7H12N4S/c8-7-9-5-11(10-7)3-6-1-2-12-4-6/h5-6H,1-4H2,(H2,8,10). The van der Waals surface area contributed by atoms with Gasteiger partial charge in [0, 0.05) is 6.54 Å². The maximum absolute atomic E-state index is 5.40. The minimum Gasteiger partial charge on any atom is -0.367 e. The Balaban J connectivity index is 1.94. The summed E-state index contributed by atoms with van der Waals surface area (Å²) in [7, 11) is 0. The van der Waals surface area contributed by atoms with Gasteiger partial charge in [0.2, 0.25) is 5.95 Å². The first kappa shape index (κ1) is 7.91. The molecule has 1 aromatic heterocycles. The Morgan fingerprint density at radius 3 is 3.25 bits per heavy atom. The van der Waals surface area contributed by atoms with Crippen molar-refractivity contribution in [3.63, 3.8) is 0 Å². The fourth-order valence-electron chi connectivity index (χ4n) is 1.39. The molecule has 0 aliphatic carbocycles. The van der Waals surface area contributed by atoms with Gasteiger partial charge >= 0.3 is 0 Å². The maximum Gasteiger partial charge on any atom is 0.239 e. The average molecular weight is 184 g/mol. The molecule has 0 aromatic carbocycles. The normalized spacial score (nSPS) is 23.2. The number of nitrogens with zero attached hydrogens (tertiary/aromatic N) is 3. The molecule has 0 amide bonds. The Morgan fingerprint density at radius 2 is 2.67 bits per heavy atom. The van der Waals surface area contributed by atoms with Gasteiger partial charge < -0.3 is 5.73 Å². The van der Waals surface area contributed by atoms with Crippen LogP contribution in [0.3, 0.4) is 0 Å². The third-order valence-corrected chi connectivity index (χ3v) is 3.25. The minimum atomic E-state index is 0.376. The molecule has 2 rings (SSSR count). The summed E-state index contributed by atoms with van der Waals surface area (Å²) in [5.74, 6) is 3.67. The van der Waals surface area contributed by atoms with E-state index in [1.807, 2.05) is 16.4 Å². The Morgan fingerprint density at radius 1 is 1.75 bits per heavy atom. The first-order valence-corrected chi connectivity index (χ1v) is 5.23. The van der Waals surface area contributed by atoms with Crippen LogP contribution in [0, 0.1) is 5.92 Å². The van der Waals surface area contributed by atoms with Gasteiger partial charge in [-0.15, -0.1) is 5.10 Å². The molecule has 2 N–H and O–H groups in total. The van der Waals surface area contributed by atoms with E-state index in [0.29, 0.717) is 5.95 Å². The van der Waals surface area contributed by atoms with Crippen molar-refractivity contribution < 1.29 is 0 Å². The molecule has 66 valence electrons. The smallest absolute Gasteiger partial charge is 0.239 e. The van der Waals surface area contributed by atoms with Gasteiger partial charge in [-0.2, -0.15) is 11.8 Å². The fourth-order valence-corrected chi connectivity index (χ4v) is 2.66. The quantitative estimate of drug-likeness (QED) is 0.731. The van der Waals surface area contributed by atoms with E-state index in [4.69, 9.17) is 5.73 Å². The number of rotatable bonds is 2. The van der Waals surface area contributed by atoms with Crippen molar-refractivity contribution in [1.82, 2.24) is 14.8 Å². The van der Waals surface area contributed by atoms with Gasteiger partial charge in [0.1, 0.15) is 6.33 Å². The predicted molar refractivity (Wildman–Crippen MR) is 49.9 cm³/mol. The third kappa shape index (κ3) is 1.72. The highest BCUT2D eigenvalue weighted by Gasteiger charge is 2.16. The molecular weight excluding hydrogens is 172 g/mol. The average Bonchev–Trinajstić information content (AvgIpc) is 2.63. The number of aromatic nitrogens is 3. The van der Waals surface area contributed by atoms with Crippen molar-refractivity contribution in [3.05, 3.63) is 6.33 Å². The zero-order valence-electron chi connectivity index (χ0n) is 6.81. The Labute approximate surface area is 75.5 Å². The highest BCUT2D eigenvalue weighted by atomic mass is 32.2. The number of hydrogen-bond donors (Lipinski definition) is 1. The molecule has 1 aliphatic heterocycles. The number of nitrogens with two attached hydrogens (primary N) is 1. The van der Waals surface area contributed by atoms with Gasteiger partial charge in [-0.3, -0.25) is 4.68 Å². The number of hydrogen-bond acceptors (Lipinski definition) is 4. The summed E-state index contributed by atoms with van der Waals surface area (Å²) in [6.07, 6.45) is 3.00. The number of thioether (sulfide) groups is 1. The molecule has 2 heterocycles. The molecule has 0 bridgehead atoms. The molecule has 1 fully saturated rings. The molecule has 12 heavy (non-hydrogen) atoms. The van der Waals surface area contributed by atoms with E-state index >= 15 is 0 Å². The zero-order valence-corrected chi connectivity index (χ0v) is 7.63. The van der Waals surface area contributed by atoms with Crippen molar-refractivity contribution in [1.29, 1.82) is 0 Å². The van der Waals surface area contributed by atoms with Crippen LogP contribution in [0.25, 0.3) is 0 Å². The van der Waals surface area contributed by atoms with Crippen LogP contribution in [0.1, 0.15) is 6.42 Å². The summed E-state index contributed by atoms with van der Waals surface area (Å²) in [6, 6.07) is 0. The summed E-state index contributed by atoms with van der Waals surface area (Å²) in [5, 5.41) is 4.05. The van der Waals surface area contributed by atoms with Gasteiger partial charge in [-0.1, -0.05) is 0 Å². The molecule has 4 nitrogen and oxygen atoms in total. The fraction of sp³-hybridized carbons (Fsp3) is 0.714. The van der Waals surface area contributed by atoms with Crippen molar-refractivity contribution in [2.24, 2.45) is 5.92 Å². The van der Waals surface area contributed by atoms with E-state index in [2.05, 4.69) is 10.1 Å².